The molecule has 1 amide bonds. The van der Waals surface area contributed by atoms with Crippen molar-refractivity contribution in [2.24, 2.45) is 5.14 Å². The average Bonchev–Trinajstić information content (AvgIpc) is 2.46. The summed E-state index contributed by atoms with van der Waals surface area (Å²) in [7, 11) is -3.82. The highest BCUT2D eigenvalue weighted by Crippen LogP contribution is 2.14. The first-order chi connectivity index (χ1) is 10.3. The quantitative estimate of drug-likeness (QED) is 0.756. The molecule has 0 saturated heterocycles. The highest BCUT2D eigenvalue weighted by molar-refractivity contribution is 7.89. The van der Waals surface area contributed by atoms with Crippen molar-refractivity contribution in [1.82, 2.24) is 4.98 Å². The molecule has 2 rings (SSSR count). The molecule has 0 fully saturated rings. The third kappa shape index (κ3) is 3.45. The van der Waals surface area contributed by atoms with E-state index in [1.54, 1.807) is 0 Å². The minimum atomic E-state index is -3.82. The van der Waals surface area contributed by atoms with Crippen LogP contribution in [0.1, 0.15) is 20.8 Å². The first-order valence-corrected chi connectivity index (χ1v) is 7.46. The van der Waals surface area contributed by atoms with E-state index in [9.17, 15) is 18.0 Å². The van der Waals surface area contributed by atoms with E-state index < -0.39 is 21.9 Å². The molecule has 0 bridgehead atoms. The zero-order valence-corrected chi connectivity index (χ0v) is 11.9. The van der Waals surface area contributed by atoms with Gasteiger partial charge in [0.1, 0.15) is 5.69 Å². The van der Waals surface area contributed by atoms with Crippen LogP contribution in [-0.2, 0) is 10.0 Å². The van der Waals surface area contributed by atoms with Crippen molar-refractivity contribution in [3.8, 4) is 0 Å². The standard InChI is InChI=1S/C13H11N3O5S/c14-22(20,21)9-5-3-8(4-6-9)16-12(17)11-10(13(18)19)2-1-7-15-11/h1-7H,(H,16,17)(H,18,19)(H2,14,20,21). The van der Waals surface area contributed by atoms with Crippen molar-refractivity contribution in [2.45, 2.75) is 4.90 Å². The van der Waals surface area contributed by atoms with Crippen molar-refractivity contribution in [3.63, 3.8) is 0 Å². The third-order valence-electron chi connectivity index (χ3n) is 2.69. The fraction of sp³-hybridized carbons (Fsp3) is 0. The number of carboxylic acid groups (broad SMARTS) is 1. The Morgan fingerprint density at radius 2 is 1.77 bits per heavy atom. The Labute approximate surface area is 125 Å². The summed E-state index contributed by atoms with van der Waals surface area (Å²) in [5, 5.41) is 16.4. The number of nitrogens with zero attached hydrogens (tertiary/aromatic N) is 1. The molecule has 1 heterocycles. The number of aromatic nitrogens is 1. The topological polar surface area (TPSA) is 139 Å². The van der Waals surface area contributed by atoms with E-state index in [0.717, 1.165) is 0 Å². The van der Waals surface area contributed by atoms with Gasteiger partial charge in [-0.3, -0.25) is 9.78 Å². The Bertz CT molecular complexity index is 831. The van der Waals surface area contributed by atoms with E-state index in [0.29, 0.717) is 0 Å². The summed E-state index contributed by atoms with van der Waals surface area (Å²) in [5.41, 5.74) is -0.203. The maximum atomic E-state index is 12.0. The van der Waals surface area contributed by atoms with Crippen LogP contribution in [0.5, 0.6) is 0 Å². The number of anilines is 1. The third-order valence-corrected chi connectivity index (χ3v) is 3.62. The number of carbonyl (C=O) groups excluding carboxylic acids is 1. The predicted molar refractivity (Wildman–Crippen MR) is 77.0 cm³/mol. The normalized spacial score (nSPS) is 11.0. The molecule has 0 aliphatic heterocycles. The van der Waals surface area contributed by atoms with Gasteiger partial charge in [-0.2, -0.15) is 0 Å². The van der Waals surface area contributed by atoms with Crippen LogP contribution in [-0.4, -0.2) is 30.4 Å². The number of pyridine rings is 1. The van der Waals surface area contributed by atoms with Gasteiger partial charge in [0.05, 0.1) is 10.5 Å². The Balaban J connectivity index is 2.25. The minimum absolute atomic E-state index is 0.102. The summed E-state index contributed by atoms with van der Waals surface area (Å²) in [4.78, 5) is 26.7. The van der Waals surface area contributed by atoms with Gasteiger partial charge < -0.3 is 10.4 Å². The molecule has 8 nitrogen and oxygen atoms in total. The van der Waals surface area contributed by atoms with Crippen molar-refractivity contribution in [3.05, 3.63) is 53.9 Å². The molecule has 2 aromatic rings. The number of primary sulfonamides is 1. The number of aromatic carboxylic acids is 1. The lowest BCUT2D eigenvalue weighted by molar-refractivity contribution is 0.0691. The molecule has 22 heavy (non-hydrogen) atoms. The molecule has 1 aromatic heterocycles. The molecule has 1 aromatic carbocycles. The maximum absolute atomic E-state index is 12.0. The highest BCUT2D eigenvalue weighted by atomic mass is 32.2. The van der Waals surface area contributed by atoms with Gasteiger partial charge in [0.2, 0.25) is 10.0 Å². The summed E-state index contributed by atoms with van der Waals surface area (Å²) >= 11 is 0. The zero-order valence-electron chi connectivity index (χ0n) is 11.1. The highest BCUT2D eigenvalue weighted by Gasteiger charge is 2.17. The van der Waals surface area contributed by atoms with Crippen LogP contribution in [0.3, 0.4) is 0 Å². The van der Waals surface area contributed by atoms with Crippen molar-refractivity contribution < 1.29 is 23.1 Å². The van der Waals surface area contributed by atoms with Crippen molar-refractivity contribution in [2.75, 3.05) is 5.32 Å². The van der Waals surface area contributed by atoms with E-state index in [1.807, 2.05) is 0 Å². The second-order valence-electron chi connectivity index (χ2n) is 4.23. The van der Waals surface area contributed by atoms with Gasteiger partial charge >= 0.3 is 5.97 Å². The molecule has 0 aliphatic rings. The van der Waals surface area contributed by atoms with Crippen molar-refractivity contribution >= 4 is 27.6 Å². The van der Waals surface area contributed by atoms with E-state index in [-0.39, 0.29) is 21.8 Å². The number of benzene rings is 1. The fourth-order valence-corrected chi connectivity index (χ4v) is 2.19. The lowest BCUT2D eigenvalue weighted by atomic mass is 10.2. The molecule has 0 spiro atoms. The number of hydrogen-bond acceptors (Lipinski definition) is 5. The average molecular weight is 321 g/mol. The Kier molecular flexibility index (Phi) is 4.20. The Morgan fingerprint density at radius 3 is 2.32 bits per heavy atom. The number of sulfonamides is 1. The molecule has 0 saturated carbocycles. The van der Waals surface area contributed by atoms with Crippen LogP contribution < -0.4 is 10.5 Å². The second-order valence-corrected chi connectivity index (χ2v) is 5.79. The molecule has 114 valence electrons. The van der Waals surface area contributed by atoms with Crippen LogP contribution in [0.25, 0.3) is 0 Å². The number of rotatable bonds is 4. The van der Waals surface area contributed by atoms with E-state index in [4.69, 9.17) is 10.2 Å². The van der Waals surface area contributed by atoms with Gasteiger partial charge in [0.25, 0.3) is 5.91 Å². The summed E-state index contributed by atoms with van der Waals surface area (Å²) in [6, 6.07) is 7.78. The van der Waals surface area contributed by atoms with Gasteiger partial charge in [-0.1, -0.05) is 0 Å². The van der Waals surface area contributed by atoms with Gasteiger partial charge in [0, 0.05) is 11.9 Å². The molecule has 0 unspecified atom stereocenters. The number of amides is 1. The zero-order chi connectivity index (χ0) is 16.3. The number of nitrogens with two attached hydrogens (primary N) is 1. The van der Waals surface area contributed by atoms with Crippen LogP contribution in [0.2, 0.25) is 0 Å². The van der Waals surface area contributed by atoms with Gasteiger partial charge in [-0.25, -0.2) is 18.4 Å². The van der Waals surface area contributed by atoms with Crippen LogP contribution in [0.4, 0.5) is 5.69 Å². The van der Waals surface area contributed by atoms with E-state index in [1.165, 1.54) is 42.6 Å². The molecular formula is C13H11N3O5S. The van der Waals surface area contributed by atoms with E-state index in [2.05, 4.69) is 10.3 Å². The van der Waals surface area contributed by atoms with Crippen molar-refractivity contribution in [1.29, 1.82) is 0 Å². The maximum Gasteiger partial charge on any atom is 0.338 e. The number of carboxylic acids is 1. The SMILES string of the molecule is NS(=O)(=O)c1ccc(NC(=O)c2ncccc2C(=O)O)cc1. The lowest BCUT2D eigenvalue weighted by Gasteiger charge is -2.07. The smallest absolute Gasteiger partial charge is 0.338 e. The lowest BCUT2D eigenvalue weighted by Crippen LogP contribution is -2.18. The Morgan fingerprint density at radius 1 is 1.14 bits per heavy atom. The summed E-state index contributed by atoms with van der Waals surface area (Å²) < 4.78 is 22.2. The molecule has 0 radical (unpaired) electrons. The summed E-state index contributed by atoms with van der Waals surface area (Å²) in [6.07, 6.45) is 1.30. The minimum Gasteiger partial charge on any atom is -0.478 e. The molecule has 0 aliphatic carbocycles. The van der Waals surface area contributed by atoms with Crippen LogP contribution in [0.15, 0.2) is 47.5 Å². The van der Waals surface area contributed by atoms with Gasteiger partial charge in [-0.05, 0) is 36.4 Å². The van der Waals surface area contributed by atoms with Gasteiger partial charge in [0.15, 0.2) is 0 Å². The largest absolute Gasteiger partial charge is 0.478 e. The summed E-state index contributed by atoms with van der Waals surface area (Å²) in [6.45, 7) is 0. The monoisotopic (exact) mass is 321 g/mol. The molecule has 9 heteroatoms. The first kappa shape index (κ1) is 15.6. The fourth-order valence-electron chi connectivity index (χ4n) is 1.68. The predicted octanol–water partition coefficient (Wildman–Crippen LogP) is 0.679. The van der Waals surface area contributed by atoms with Gasteiger partial charge in [-0.15, -0.1) is 0 Å². The number of nitrogens with one attached hydrogen (secondary N) is 1. The van der Waals surface area contributed by atoms with E-state index >= 15 is 0 Å². The number of carbonyl (C=O) groups is 2. The molecule has 4 N–H and O–H groups in total. The molecule has 0 atom stereocenters. The number of hydrogen-bond donors (Lipinski definition) is 3. The first-order valence-electron chi connectivity index (χ1n) is 5.91. The second kappa shape index (κ2) is 5.92. The van der Waals surface area contributed by atoms with Crippen LogP contribution >= 0.6 is 0 Å². The molecular weight excluding hydrogens is 310 g/mol. The summed E-state index contributed by atoms with van der Waals surface area (Å²) in [5.74, 6) is -2.00. The van der Waals surface area contributed by atoms with Crippen LogP contribution in [0, 0.1) is 0 Å². The Hall–Kier alpha value is -2.78.